The predicted molar refractivity (Wildman–Crippen MR) is 127 cm³/mol. The van der Waals surface area contributed by atoms with E-state index in [0.717, 1.165) is 83.4 Å². The van der Waals surface area contributed by atoms with Crippen molar-refractivity contribution in [3.05, 3.63) is 47.7 Å². The topological polar surface area (TPSA) is 92.7 Å². The van der Waals surface area contributed by atoms with Crippen molar-refractivity contribution in [1.29, 1.82) is 0 Å². The van der Waals surface area contributed by atoms with E-state index in [1.54, 1.807) is 12.4 Å². The second-order valence-corrected chi connectivity index (χ2v) is 9.71. The number of likely N-dealkylation sites (tertiary alicyclic amines) is 1. The number of carbonyl (C=O) groups is 1. The first-order valence-corrected chi connectivity index (χ1v) is 12.2. The molecule has 2 aromatic rings. The first kappa shape index (κ1) is 23.1. The average molecular weight is 467 g/mol. The van der Waals surface area contributed by atoms with Gasteiger partial charge in [-0.05, 0) is 43.0 Å². The summed E-state index contributed by atoms with van der Waals surface area (Å²) in [7, 11) is 0. The number of amides is 1. The summed E-state index contributed by atoms with van der Waals surface area (Å²) in [5.41, 5.74) is 2.19. The third-order valence-electron chi connectivity index (χ3n) is 7.33. The van der Waals surface area contributed by atoms with Gasteiger partial charge in [-0.1, -0.05) is 0 Å². The number of hydrogen-bond acceptors (Lipinski definition) is 8. The molecule has 1 spiro atoms. The molecule has 9 heteroatoms. The molecule has 1 amide bonds. The summed E-state index contributed by atoms with van der Waals surface area (Å²) in [6, 6.07) is 4.27. The summed E-state index contributed by atoms with van der Waals surface area (Å²) in [5, 5.41) is 3.11. The quantitative estimate of drug-likeness (QED) is 0.686. The fourth-order valence-corrected chi connectivity index (χ4v) is 5.42. The van der Waals surface area contributed by atoms with E-state index < -0.39 is 0 Å². The van der Waals surface area contributed by atoms with Crippen LogP contribution in [0.15, 0.2) is 30.7 Å². The Morgan fingerprint density at radius 2 is 1.85 bits per heavy atom. The number of nitrogens with one attached hydrogen (secondary N) is 1. The van der Waals surface area contributed by atoms with Gasteiger partial charge in [0.1, 0.15) is 11.6 Å². The van der Waals surface area contributed by atoms with Crippen LogP contribution in [-0.4, -0.2) is 78.4 Å². The molecule has 1 atom stereocenters. The zero-order valence-electron chi connectivity index (χ0n) is 19.9. The third kappa shape index (κ3) is 5.21. The highest BCUT2D eigenvalue weighted by Gasteiger charge is 2.50. The van der Waals surface area contributed by atoms with Crippen LogP contribution in [0.5, 0.6) is 0 Å². The number of aromatic nitrogens is 3. The molecule has 182 valence electrons. The van der Waals surface area contributed by atoms with E-state index in [-0.39, 0.29) is 17.2 Å². The molecule has 0 radical (unpaired) electrons. The van der Waals surface area contributed by atoms with E-state index in [1.165, 1.54) is 5.56 Å². The summed E-state index contributed by atoms with van der Waals surface area (Å²) >= 11 is 0. The second-order valence-electron chi connectivity index (χ2n) is 9.71. The molecule has 0 bridgehead atoms. The van der Waals surface area contributed by atoms with Gasteiger partial charge in [0.05, 0.1) is 25.7 Å². The molecule has 0 saturated carbocycles. The van der Waals surface area contributed by atoms with Crippen LogP contribution in [0.2, 0.25) is 0 Å². The van der Waals surface area contributed by atoms with Crippen LogP contribution in [-0.2, 0) is 27.4 Å². The van der Waals surface area contributed by atoms with Crippen LogP contribution in [0.1, 0.15) is 29.8 Å². The van der Waals surface area contributed by atoms with Crippen molar-refractivity contribution in [1.82, 2.24) is 25.2 Å². The van der Waals surface area contributed by atoms with E-state index in [4.69, 9.17) is 9.47 Å². The maximum Gasteiger partial charge on any atom is 0.225 e. The smallest absolute Gasteiger partial charge is 0.225 e. The van der Waals surface area contributed by atoms with Gasteiger partial charge in [-0.15, -0.1) is 0 Å². The zero-order valence-corrected chi connectivity index (χ0v) is 19.9. The van der Waals surface area contributed by atoms with Crippen molar-refractivity contribution in [2.45, 2.75) is 32.9 Å². The summed E-state index contributed by atoms with van der Waals surface area (Å²) in [5.74, 6) is 1.68. The molecular formula is C25H34N6O3. The van der Waals surface area contributed by atoms with Crippen LogP contribution in [0.4, 0.5) is 5.82 Å². The fraction of sp³-hybridized carbons (Fsp3) is 0.600. The van der Waals surface area contributed by atoms with Crippen molar-refractivity contribution >= 4 is 11.7 Å². The summed E-state index contributed by atoms with van der Waals surface area (Å²) < 4.78 is 11.1. The Kier molecular flexibility index (Phi) is 7.03. The summed E-state index contributed by atoms with van der Waals surface area (Å²) in [6.45, 7) is 9.44. The van der Waals surface area contributed by atoms with Gasteiger partial charge < -0.3 is 19.7 Å². The normalized spacial score (nSPS) is 22.7. The molecule has 0 aromatic carbocycles. The molecule has 3 fully saturated rings. The molecule has 3 aliphatic heterocycles. The minimum atomic E-state index is -0.0672. The molecule has 5 heterocycles. The highest BCUT2D eigenvalue weighted by molar-refractivity contribution is 5.80. The Morgan fingerprint density at radius 1 is 1.12 bits per heavy atom. The Hall–Kier alpha value is -2.62. The first-order chi connectivity index (χ1) is 16.6. The first-order valence-electron chi connectivity index (χ1n) is 12.2. The van der Waals surface area contributed by atoms with Crippen molar-refractivity contribution < 1.29 is 14.3 Å². The SMILES string of the molecule is Cc1cnc(CNC(=O)[C@@H]2CN(Cc3ccnc(N4CCOCC4)c3)CC23CCOCC3)nc1. The van der Waals surface area contributed by atoms with Gasteiger partial charge in [0, 0.05) is 69.9 Å². The van der Waals surface area contributed by atoms with E-state index >= 15 is 0 Å². The van der Waals surface area contributed by atoms with Gasteiger partial charge in [-0.25, -0.2) is 15.0 Å². The molecule has 34 heavy (non-hydrogen) atoms. The maximum absolute atomic E-state index is 13.4. The lowest BCUT2D eigenvalue weighted by molar-refractivity contribution is -0.130. The van der Waals surface area contributed by atoms with E-state index in [0.29, 0.717) is 12.4 Å². The van der Waals surface area contributed by atoms with E-state index in [1.807, 2.05) is 13.1 Å². The Labute approximate surface area is 200 Å². The number of hydrogen-bond donors (Lipinski definition) is 1. The van der Waals surface area contributed by atoms with Gasteiger partial charge >= 0.3 is 0 Å². The van der Waals surface area contributed by atoms with Crippen LogP contribution >= 0.6 is 0 Å². The van der Waals surface area contributed by atoms with Crippen LogP contribution in [0.25, 0.3) is 0 Å². The molecule has 0 aliphatic carbocycles. The van der Waals surface area contributed by atoms with Gasteiger partial charge in [0.15, 0.2) is 0 Å². The van der Waals surface area contributed by atoms with Crippen molar-refractivity contribution in [2.24, 2.45) is 11.3 Å². The number of carbonyl (C=O) groups excluding carboxylic acids is 1. The number of morpholine rings is 1. The van der Waals surface area contributed by atoms with Crippen LogP contribution < -0.4 is 10.2 Å². The standard InChI is InChI=1S/C25H34N6O3/c1-19-13-27-22(28-14-19)15-29-24(32)21-17-30(18-25(21)3-8-33-9-4-25)16-20-2-5-26-23(12-20)31-6-10-34-11-7-31/h2,5,12-14,21H,3-4,6-11,15-18H2,1H3,(H,29,32)/t21-/m0/s1. The summed E-state index contributed by atoms with van der Waals surface area (Å²) in [4.78, 5) is 31.3. The van der Waals surface area contributed by atoms with Gasteiger partial charge in [0.25, 0.3) is 0 Å². The van der Waals surface area contributed by atoms with Crippen molar-refractivity contribution in [3.8, 4) is 0 Å². The maximum atomic E-state index is 13.4. The van der Waals surface area contributed by atoms with Gasteiger partial charge in [0.2, 0.25) is 5.91 Å². The fourth-order valence-electron chi connectivity index (χ4n) is 5.42. The minimum absolute atomic E-state index is 0.0451. The minimum Gasteiger partial charge on any atom is -0.381 e. The van der Waals surface area contributed by atoms with Gasteiger partial charge in [-0.2, -0.15) is 0 Å². The van der Waals surface area contributed by atoms with Crippen LogP contribution in [0, 0.1) is 18.3 Å². The highest BCUT2D eigenvalue weighted by Crippen LogP contribution is 2.44. The third-order valence-corrected chi connectivity index (χ3v) is 7.33. The molecule has 3 saturated heterocycles. The van der Waals surface area contributed by atoms with Crippen molar-refractivity contribution in [3.63, 3.8) is 0 Å². The average Bonchev–Trinajstić information content (AvgIpc) is 3.21. The largest absolute Gasteiger partial charge is 0.381 e. The molecule has 1 N–H and O–H groups in total. The number of aryl methyl sites for hydroxylation is 1. The lowest BCUT2D eigenvalue weighted by Crippen LogP contribution is -2.44. The zero-order chi connectivity index (χ0) is 23.4. The van der Waals surface area contributed by atoms with Gasteiger partial charge in [-0.3, -0.25) is 9.69 Å². The monoisotopic (exact) mass is 466 g/mol. The molecule has 2 aromatic heterocycles. The molecule has 9 nitrogen and oxygen atoms in total. The number of pyridine rings is 1. The number of anilines is 1. The van der Waals surface area contributed by atoms with Crippen molar-refractivity contribution in [2.75, 3.05) is 57.5 Å². The molecule has 5 rings (SSSR count). The molecular weight excluding hydrogens is 432 g/mol. The number of rotatable bonds is 6. The second kappa shape index (κ2) is 10.3. The Balaban J connectivity index is 1.26. The lowest BCUT2D eigenvalue weighted by Gasteiger charge is -2.37. The highest BCUT2D eigenvalue weighted by atomic mass is 16.5. The number of nitrogens with zero attached hydrogens (tertiary/aromatic N) is 5. The molecule has 0 unspecified atom stereocenters. The predicted octanol–water partition coefficient (Wildman–Crippen LogP) is 1.56. The van der Waals surface area contributed by atoms with E-state index in [9.17, 15) is 4.79 Å². The lowest BCUT2D eigenvalue weighted by atomic mass is 9.72. The number of ether oxygens (including phenoxy) is 2. The Bertz CT molecular complexity index is 973. The summed E-state index contributed by atoms with van der Waals surface area (Å²) in [6.07, 6.45) is 7.29. The van der Waals surface area contributed by atoms with E-state index in [2.05, 4.69) is 42.2 Å². The Morgan fingerprint density at radius 3 is 2.62 bits per heavy atom. The molecule has 3 aliphatic rings. The van der Waals surface area contributed by atoms with Crippen LogP contribution in [0.3, 0.4) is 0 Å².